The summed E-state index contributed by atoms with van der Waals surface area (Å²) in [6.45, 7) is 7.16. The van der Waals surface area contributed by atoms with Crippen LogP contribution >= 0.6 is 0 Å². The van der Waals surface area contributed by atoms with E-state index in [4.69, 9.17) is 14.2 Å². The summed E-state index contributed by atoms with van der Waals surface area (Å²) < 4.78 is 17.4. The molecular formula is C22H29NO3. The van der Waals surface area contributed by atoms with E-state index >= 15 is 0 Å². The van der Waals surface area contributed by atoms with Gasteiger partial charge < -0.3 is 19.5 Å². The van der Waals surface area contributed by atoms with Crippen molar-refractivity contribution in [3.8, 4) is 11.5 Å². The predicted molar refractivity (Wildman–Crippen MR) is 105 cm³/mol. The molecule has 1 heterocycles. The number of benzene rings is 2. The molecule has 1 unspecified atom stereocenters. The fraction of sp³-hybridized carbons (Fsp3) is 0.455. The molecule has 0 radical (unpaired) electrons. The Labute approximate surface area is 156 Å². The van der Waals surface area contributed by atoms with Gasteiger partial charge in [-0.15, -0.1) is 0 Å². The first-order valence-corrected chi connectivity index (χ1v) is 9.52. The van der Waals surface area contributed by atoms with Crippen LogP contribution < -0.4 is 14.8 Å². The minimum Gasteiger partial charge on any atom is -0.492 e. The molecule has 1 saturated heterocycles. The molecule has 1 aliphatic rings. The van der Waals surface area contributed by atoms with Crippen molar-refractivity contribution >= 4 is 5.69 Å². The van der Waals surface area contributed by atoms with Crippen LogP contribution in [-0.4, -0.2) is 32.5 Å². The van der Waals surface area contributed by atoms with Crippen LogP contribution in [0.25, 0.3) is 0 Å². The summed E-state index contributed by atoms with van der Waals surface area (Å²) in [5.74, 6) is 2.31. The zero-order valence-corrected chi connectivity index (χ0v) is 15.7. The van der Waals surface area contributed by atoms with Gasteiger partial charge >= 0.3 is 0 Å². The SMILES string of the molecule is CC(C)c1ccc(OCCNc2ccccc2OCC2CCCO2)cc1. The van der Waals surface area contributed by atoms with Crippen molar-refractivity contribution in [1.29, 1.82) is 0 Å². The van der Waals surface area contributed by atoms with Crippen LogP contribution in [0.4, 0.5) is 5.69 Å². The average molecular weight is 355 g/mol. The highest BCUT2D eigenvalue weighted by atomic mass is 16.5. The number of nitrogens with one attached hydrogen (secondary N) is 1. The lowest BCUT2D eigenvalue weighted by atomic mass is 10.0. The number of hydrogen-bond donors (Lipinski definition) is 1. The normalized spacial score (nSPS) is 16.7. The minimum absolute atomic E-state index is 0.222. The average Bonchev–Trinajstić information content (AvgIpc) is 3.18. The third kappa shape index (κ3) is 5.40. The molecule has 1 aliphatic heterocycles. The molecule has 3 rings (SSSR count). The van der Waals surface area contributed by atoms with Gasteiger partial charge in [-0.25, -0.2) is 0 Å². The van der Waals surface area contributed by atoms with E-state index in [1.54, 1.807) is 0 Å². The summed E-state index contributed by atoms with van der Waals surface area (Å²) in [5, 5.41) is 3.40. The smallest absolute Gasteiger partial charge is 0.142 e. The molecular weight excluding hydrogens is 326 g/mol. The maximum absolute atomic E-state index is 5.94. The molecule has 0 spiro atoms. The van der Waals surface area contributed by atoms with Crippen LogP contribution in [0.2, 0.25) is 0 Å². The summed E-state index contributed by atoms with van der Waals surface area (Å²) in [5.41, 5.74) is 2.32. The summed E-state index contributed by atoms with van der Waals surface area (Å²) in [6.07, 6.45) is 2.43. The minimum atomic E-state index is 0.222. The van der Waals surface area contributed by atoms with Crippen molar-refractivity contribution in [2.24, 2.45) is 0 Å². The first kappa shape index (κ1) is 18.6. The fourth-order valence-corrected chi connectivity index (χ4v) is 3.00. The van der Waals surface area contributed by atoms with Crippen LogP contribution in [-0.2, 0) is 4.74 Å². The van der Waals surface area contributed by atoms with Gasteiger partial charge in [-0.1, -0.05) is 38.1 Å². The maximum atomic E-state index is 5.94. The highest BCUT2D eigenvalue weighted by molar-refractivity contribution is 5.56. The van der Waals surface area contributed by atoms with Crippen LogP contribution in [0.1, 0.15) is 38.2 Å². The quantitative estimate of drug-likeness (QED) is 0.652. The summed E-state index contributed by atoms with van der Waals surface area (Å²) in [7, 11) is 0. The second-order valence-corrected chi connectivity index (χ2v) is 6.94. The lowest BCUT2D eigenvalue weighted by Crippen LogP contribution is -2.17. The van der Waals surface area contributed by atoms with E-state index in [-0.39, 0.29) is 6.10 Å². The predicted octanol–water partition coefficient (Wildman–Crippen LogP) is 4.86. The number of para-hydroxylation sites is 2. The molecule has 0 aromatic heterocycles. The Bertz CT molecular complexity index is 663. The molecule has 2 aromatic carbocycles. The van der Waals surface area contributed by atoms with Gasteiger partial charge in [0.1, 0.15) is 24.7 Å². The van der Waals surface area contributed by atoms with Crippen LogP contribution in [0.15, 0.2) is 48.5 Å². The Kier molecular flexibility index (Phi) is 6.78. The Morgan fingerprint density at radius 2 is 1.88 bits per heavy atom. The standard InChI is InChI=1S/C22H29NO3/c1-17(2)18-9-11-19(12-10-18)25-15-13-23-21-7-3-4-8-22(21)26-16-20-6-5-14-24-20/h3-4,7-12,17,20,23H,5-6,13-16H2,1-2H3. The van der Waals surface area contributed by atoms with Crippen LogP contribution in [0, 0.1) is 0 Å². The molecule has 4 heteroatoms. The van der Waals surface area contributed by atoms with E-state index in [2.05, 4.69) is 31.3 Å². The number of anilines is 1. The van der Waals surface area contributed by atoms with E-state index in [0.29, 0.717) is 25.7 Å². The third-order valence-electron chi connectivity index (χ3n) is 4.57. The molecule has 0 amide bonds. The molecule has 1 fully saturated rings. The second kappa shape index (κ2) is 9.48. The highest BCUT2D eigenvalue weighted by Crippen LogP contribution is 2.25. The maximum Gasteiger partial charge on any atom is 0.142 e. The largest absolute Gasteiger partial charge is 0.492 e. The van der Waals surface area contributed by atoms with Crippen molar-refractivity contribution in [2.45, 2.75) is 38.7 Å². The lowest BCUT2D eigenvalue weighted by Gasteiger charge is -2.16. The van der Waals surface area contributed by atoms with E-state index in [1.165, 1.54) is 5.56 Å². The number of hydrogen-bond acceptors (Lipinski definition) is 4. The van der Waals surface area contributed by atoms with Gasteiger partial charge in [-0.2, -0.15) is 0 Å². The molecule has 26 heavy (non-hydrogen) atoms. The Balaban J connectivity index is 1.44. The highest BCUT2D eigenvalue weighted by Gasteiger charge is 2.16. The summed E-state index contributed by atoms with van der Waals surface area (Å²) in [6, 6.07) is 16.3. The van der Waals surface area contributed by atoms with Crippen molar-refractivity contribution in [2.75, 3.05) is 31.7 Å². The molecule has 1 atom stereocenters. The number of ether oxygens (including phenoxy) is 3. The molecule has 2 aromatic rings. The first-order valence-electron chi connectivity index (χ1n) is 9.52. The van der Waals surface area contributed by atoms with Gasteiger partial charge in [0.2, 0.25) is 0 Å². The van der Waals surface area contributed by atoms with Gasteiger partial charge in [0.15, 0.2) is 0 Å². The zero-order chi connectivity index (χ0) is 18.2. The van der Waals surface area contributed by atoms with Crippen LogP contribution in [0.3, 0.4) is 0 Å². The fourth-order valence-electron chi connectivity index (χ4n) is 3.00. The van der Waals surface area contributed by atoms with E-state index in [1.807, 2.05) is 36.4 Å². The van der Waals surface area contributed by atoms with Gasteiger partial charge in [-0.05, 0) is 48.6 Å². The topological polar surface area (TPSA) is 39.7 Å². The number of rotatable bonds is 9. The van der Waals surface area contributed by atoms with Crippen molar-refractivity contribution in [3.05, 3.63) is 54.1 Å². The molecule has 140 valence electrons. The Morgan fingerprint density at radius 1 is 1.08 bits per heavy atom. The van der Waals surface area contributed by atoms with E-state index < -0.39 is 0 Å². The summed E-state index contributed by atoms with van der Waals surface area (Å²) in [4.78, 5) is 0. The molecule has 0 aliphatic carbocycles. The summed E-state index contributed by atoms with van der Waals surface area (Å²) >= 11 is 0. The van der Waals surface area contributed by atoms with Crippen molar-refractivity contribution in [1.82, 2.24) is 0 Å². The third-order valence-corrected chi connectivity index (χ3v) is 4.57. The van der Waals surface area contributed by atoms with Crippen molar-refractivity contribution in [3.63, 3.8) is 0 Å². The van der Waals surface area contributed by atoms with Crippen LogP contribution in [0.5, 0.6) is 11.5 Å². The zero-order valence-electron chi connectivity index (χ0n) is 15.7. The lowest BCUT2D eigenvalue weighted by molar-refractivity contribution is 0.0682. The van der Waals surface area contributed by atoms with Gasteiger partial charge in [0.05, 0.1) is 11.8 Å². The molecule has 4 nitrogen and oxygen atoms in total. The van der Waals surface area contributed by atoms with Gasteiger partial charge in [-0.3, -0.25) is 0 Å². The van der Waals surface area contributed by atoms with E-state index in [0.717, 1.165) is 36.6 Å². The monoisotopic (exact) mass is 355 g/mol. The Hall–Kier alpha value is -2.20. The Morgan fingerprint density at radius 3 is 2.62 bits per heavy atom. The van der Waals surface area contributed by atoms with Crippen molar-refractivity contribution < 1.29 is 14.2 Å². The van der Waals surface area contributed by atoms with Gasteiger partial charge in [0.25, 0.3) is 0 Å². The molecule has 1 N–H and O–H groups in total. The first-order chi connectivity index (χ1) is 12.7. The molecule has 0 bridgehead atoms. The van der Waals surface area contributed by atoms with Gasteiger partial charge in [0, 0.05) is 13.2 Å². The molecule has 0 saturated carbocycles. The second-order valence-electron chi connectivity index (χ2n) is 6.94. The van der Waals surface area contributed by atoms with E-state index in [9.17, 15) is 0 Å².